The van der Waals surface area contributed by atoms with Crippen LogP contribution in [-0.2, 0) is 0 Å². The number of rotatable bonds is 3. The van der Waals surface area contributed by atoms with E-state index in [0.29, 0.717) is 0 Å². The third-order valence-corrected chi connectivity index (χ3v) is 4.09. The number of hydrogen-bond acceptors (Lipinski definition) is 4. The summed E-state index contributed by atoms with van der Waals surface area (Å²) in [5.74, 6) is 0.910. The molecular formula is C16H19ClN4. The molecule has 1 fully saturated rings. The van der Waals surface area contributed by atoms with Crippen molar-refractivity contribution in [1.29, 1.82) is 0 Å². The first kappa shape index (κ1) is 14.0. The molecule has 0 unspecified atom stereocenters. The van der Waals surface area contributed by atoms with E-state index in [4.69, 9.17) is 11.6 Å². The van der Waals surface area contributed by atoms with Gasteiger partial charge in [0.05, 0.1) is 0 Å². The maximum atomic E-state index is 5.94. The van der Waals surface area contributed by atoms with Gasteiger partial charge in [0.25, 0.3) is 0 Å². The van der Waals surface area contributed by atoms with Crippen LogP contribution in [0.4, 0.5) is 17.2 Å². The molecule has 110 valence electrons. The number of halogens is 1. The highest BCUT2D eigenvalue weighted by molar-refractivity contribution is 6.30. The summed E-state index contributed by atoms with van der Waals surface area (Å²) in [6, 6.07) is 12.2. The summed E-state index contributed by atoms with van der Waals surface area (Å²) >= 11 is 5.94. The average molecular weight is 303 g/mol. The van der Waals surface area contributed by atoms with Crippen molar-refractivity contribution in [1.82, 2.24) is 4.98 Å². The highest BCUT2D eigenvalue weighted by Crippen LogP contribution is 2.23. The molecule has 2 heterocycles. The van der Waals surface area contributed by atoms with Gasteiger partial charge in [-0.25, -0.2) is 4.98 Å². The van der Waals surface area contributed by atoms with Gasteiger partial charge in [-0.2, -0.15) is 0 Å². The molecule has 4 nitrogen and oxygen atoms in total. The Kier molecular flexibility index (Phi) is 4.15. The van der Waals surface area contributed by atoms with Crippen LogP contribution < -0.4 is 15.1 Å². The summed E-state index contributed by atoms with van der Waals surface area (Å²) in [6.07, 6.45) is 1.85. The Labute approximate surface area is 130 Å². The molecule has 0 bridgehead atoms. The van der Waals surface area contributed by atoms with Gasteiger partial charge in [0.2, 0.25) is 0 Å². The van der Waals surface area contributed by atoms with E-state index in [1.54, 1.807) is 0 Å². The maximum absolute atomic E-state index is 5.94. The molecule has 1 aromatic carbocycles. The number of hydrogen-bond donors (Lipinski definition) is 1. The SMILES string of the molecule is CNc1cc(N2CCN(c3ccc(Cl)cc3)CC2)ccn1. The van der Waals surface area contributed by atoms with E-state index in [2.05, 4.69) is 44.4 Å². The predicted octanol–water partition coefficient (Wildman–Crippen LogP) is 3.10. The third-order valence-electron chi connectivity index (χ3n) is 3.84. The van der Waals surface area contributed by atoms with Crippen LogP contribution in [0.5, 0.6) is 0 Å². The highest BCUT2D eigenvalue weighted by Gasteiger charge is 2.17. The molecule has 1 saturated heterocycles. The Morgan fingerprint density at radius 3 is 2.19 bits per heavy atom. The van der Waals surface area contributed by atoms with Gasteiger partial charge in [0, 0.05) is 61.9 Å². The molecule has 0 radical (unpaired) electrons. The number of piperazine rings is 1. The monoisotopic (exact) mass is 302 g/mol. The maximum Gasteiger partial charge on any atom is 0.127 e. The molecule has 1 aromatic heterocycles. The van der Waals surface area contributed by atoms with Crippen molar-refractivity contribution in [3.63, 3.8) is 0 Å². The Bertz CT molecular complexity index is 591. The standard InChI is InChI=1S/C16H19ClN4/c1-18-16-12-15(6-7-19-16)21-10-8-20(9-11-21)14-4-2-13(17)3-5-14/h2-7,12H,8-11H2,1H3,(H,18,19). The largest absolute Gasteiger partial charge is 0.373 e. The molecule has 0 spiro atoms. The Balaban J connectivity index is 1.65. The third kappa shape index (κ3) is 3.22. The van der Waals surface area contributed by atoms with Gasteiger partial charge in [-0.05, 0) is 30.3 Å². The van der Waals surface area contributed by atoms with Crippen molar-refractivity contribution in [3.05, 3.63) is 47.6 Å². The lowest BCUT2D eigenvalue weighted by atomic mass is 10.2. The van der Waals surface area contributed by atoms with Gasteiger partial charge >= 0.3 is 0 Å². The zero-order valence-corrected chi connectivity index (χ0v) is 12.8. The molecule has 3 rings (SSSR count). The van der Waals surface area contributed by atoms with Crippen molar-refractivity contribution in [2.24, 2.45) is 0 Å². The molecule has 0 amide bonds. The van der Waals surface area contributed by atoms with E-state index in [9.17, 15) is 0 Å². The van der Waals surface area contributed by atoms with Gasteiger partial charge in [0.15, 0.2) is 0 Å². The van der Waals surface area contributed by atoms with E-state index < -0.39 is 0 Å². The second-order valence-electron chi connectivity index (χ2n) is 5.10. The van der Waals surface area contributed by atoms with Crippen LogP contribution in [0.25, 0.3) is 0 Å². The summed E-state index contributed by atoms with van der Waals surface area (Å²) in [5, 5.41) is 3.87. The minimum absolute atomic E-state index is 0.786. The molecule has 0 aliphatic carbocycles. The van der Waals surface area contributed by atoms with E-state index in [0.717, 1.165) is 37.0 Å². The average Bonchev–Trinajstić information content (AvgIpc) is 2.56. The molecule has 21 heavy (non-hydrogen) atoms. The van der Waals surface area contributed by atoms with E-state index in [-0.39, 0.29) is 0 Å². The fourth-order valence-corrected chi connectivity index (χ4v) is 2.75. The number of nitrogens with one attached hydrogen (secondary N) is 1. The zero-order chi connectivity index (χ0) is 14.7. The fraction of sp³-hybridized carbons (Fsp3) is 0.312. The van der Waals surface area contributed by atoms with Crippen LogP contribution in [0.3, 0.4) is 0 Å². The predicted molar refractivity (Wildman–Crippen MR) is 89.7 cm³/mol. The summed E-state index contributed by atoms with van der Waals surface area (Å²) in [4.78, 5) is 9.06. The van der Waals surface area contributed by atoms with Crippen LogP contribution in [0.15, 0.2) is 42.6 Å². The topological polar surface area (TPSA) is 31.4 Å². The van der Waals surface area contributed by atoms with Gasteiger partial charge in [-0.15, -0.1) is 0 Å². The normalized spacial score (nSPS) is 15.1. The van der Waals surface area contributed by atoms with Crippen LogP contribution in [-0.4, -0.2) is 38.2 Å². The minimum atomic E-state index is 0.786. The van der Waals surface area contributed by atoms with Crippen LogP contribution in [0.1, 0.15) is 0 Å². The van der Waals surface area contributed by atoms with Gasteiger partial charge in [-0.1, -0.05) is 11.6 Å². The van der Waals surface area contributed by atoms with Crippen molar-refractivity contribution < 1.29 is 0 Å². The summed E-state index contributed by atoms with van der Waals surface area (Å²) < 4.78 is 0. The quantitative estimate of drug-likeness (QED) is 0.944. The molecule has 2 aromatic rings. The molecule has 1 N–H and O–H groups in total. The van der Waals surface area contributed by atoms with E-state index in [1.165, 1.54) is 11.4 Å². The molecule has 5 heteroatoms. The molecular weight excluding hydrogens is 284 g/mol. The van der Waals surface area contributed by atoms with Crippen molar-refractivity contribution in [2.45, 2.75) is 0 Å². The lowest BCUT2D eigenvalue weighted by Crippen LogP contribution is -2.46. The van der Waals surface area contributed by atoms with E-state index >= 15 is 0 Å². The first-order chi connectivity index (χ1) is 10.3. The Hall–Kier alpha value is -1.94. The lowest BCUT2D eigenvalue weighted by Gasteiger charge is -2.37. The van der Waals surface area contributed by atoms with Crippen LogP contribution in [0, 0.1) is 0 Å². The van der Waals surface area contributed by atoms with Gasteiger partial charge < -0.3 is 15.1 Å². The minimum Gasteiger partial charge on any atom is -0.373 e. The first-order valence-corrected chi connectivity index (χ1v) is 7.53. The molecule has 1 aliphatic rings. The van der Waals surface area contributed by atoms with Gasteiger partial charge in [-0.3, -0.25) is 0 Å². The Morgan fingerprint density at radius 2 is 1.57 bits per heavy atom. The summed E-state index contributed by atoms with van der Waals surface area (Å²) in [7, 11) is 1.89. The first-order valence-electron chi connectivity index (χ1n) is 7.15. The number of pyridine rings is 1. The number of nitrogens with zero attached hydrogens (tertiary/aromatic N) is 3. The second-order valence-corrected chi connectivity index (χ2v) is 5.54. The van der Waals surface area contributed by atoms with Crippen molar-refractivity contribution >= 4 is 28.8 Å². The smallest absolute Gasteiger partial charge is 0.127 e. The lowest BCUT2D eigenvalue weighted by molar-refractivity contribution is 0.653. The number of anilines is 3. The Morgan fingerprint density at radius 1 is 0.952 bits per heavy atom. The molecule has 1 aliphatic heterocycles. The van der Waals surface area contributed by atoms with Crippen molar-refractivity contribution in [3.8, 4) is 0 Å². The molecule has 0 atom stereocenters. The fourth-order valence-electron chi connectivity index (χ4n) is 2.63. The van der Waals surface area contributed by atoms with Gasteiger partial charge in [0.1, 0.15) is 5.82 Å². The van der Waals surface area contributed by atoms with Crippen LogP contribution >= 0.6 is 11.6 Å². The van der Waals surface area contributed by atoms with E-state index in [1.807, 2.05) is 25.4 Å². The molecule has 0 saturated carbocycles. The summed E-state index contributed by atoms with van der Waals surface area (Å²) in [5.41, 5.74) is 2.47. The number of benzene rings is 1. The van der Waals surface area contributed by atoms with Crippen LogP contribution in [0.2, 0.25) is 5.02 Å². The zero-order valence-electron chi connectivity index (χ0n) is 12.1. The van der Waals surface area contributed by atoms with Crippen molar-refractivity contribution in [2.75, 3.05) is 48.3 Å². The summed E-state index contributed by atoms with van der Waals surface area (Å²) in [6.45, 7) is 4.04. The number of aromatic nitrogens is 1. The highest BCUT2D eigenvalue weighted by atomic mass is 35.5. The second kappa shape index (κ2) is 6.22.